The minimum Gasteiger partial charge on any atom is -0.535 e. The van der Waals surface area contributed by atoms with E-state index in [1.807, 2.05) is 0 Å². The number of hydrogen-bond acceptors (Lipinski definition) is 9. The Morgan fingerprint density at radius 1 is 1.39 bits per heavy atom. The van der Waals surface area contributed by atoms with Crippen LogP contribution in [-0.2, 0) is 17.8 Å². The van der Waals surface area contributed by atoms with Crippen molar-refractivity contribution in [1.29, 1.82) is 0 Å². The summed E-state index contributed by atoms with van der Waals surface area (Å²) in [5, 5.41) is 27.9. The van der Waals surface area contributed by atoms with E-state index in [1.54, 1.807) is 18.2 Å². The summed E-state index contributed by atoms with van der Waals surface area (Å²) in [7, 11) is -1.24. The SMILES string of the molecule is CC(=O)c1cccc2c1OB(O)[C@@H](CC(=O)c1nnn(CC(=O)N[C@H]3CCNC3)n1)C2. The standard InChI is InChI=1S/C19H23BN6O5/c1-11(27)15-4-2-3-12-7-13(20(30)31-18(12)15)8-16(28)19-23-25-26(24-19)10-17(29)22-14-5-6-21-9-14/h2-4,13-14,21,30H,5-10H2,1H3,(H,22,29)/t13-,14+/m1/s1. The number of hydrogen-bond donors (Lipinski definition) is 3. The van der Waals surface area contributed by atoms with Gasteiger partial charge in [0.15, 0.2) is 5.78 Å². The van der Waals surface area contributed by atoms with Gasteiger partial charge in [-0.15, -0.1) is 10.2 Å². The Morgan fingerprint density at radius 3 is 2.97 bits per heavy atom. The molecule has 1 amide bonds. The van der Waals surface area contributed by atoms with Gasteiger partial charge >= 0.3 is 7.12 Å². The molecule has 31 heavy (non-hydrogen) atoms. The van der Waals surface area contributed by atoms with E-state index in [4.69, 9.17) is 4.65 Å². The zero-order chi connectivity index (χ0) is 22.0. The molecular weight excluding hydrogens is 403 g/mol. The maximum absolute atomic E-state index is 12.6. The van der Waals surface area contributed by atoms with Crippen molar-refractivity contribution in [3.05, 3.63) is 35.2 Å². The summed E-state index contributed by atoms with van der Waals surface area (Å²) in [6.07, 6.45) is 1.18. The Bertz CT molecular complexity index is 1010. The summed E-state index contributed by atoms with van der Waals surface area (Å²) in [6, 6.07) is 5.27. The van der Waals surface area contributed by atoms with E-state index in [-0.39, 0.29) is 36.5 Å². The van der Waals surface area contributed by atoms with Crippen molar-refractivity contribution < 1.29 is 24.1 Å². The van der Waals surface area contributed by atoms with Gasteiger partial charge in [-0.3, -0.25) is 14.4 Å². The third-order valence-corrected chi connectivity index (χ3v) is 5.46. The van der Waals surface area contributed by atoms with Crippen LogP contribution in [0.5, 0.6) is 5.75 Å². The highest BCUT2D eigenvalue weighted by Gasteiger charge is 2.38. The minimum absolute atomic E-state index is 0.0590. The predicted molar refractivity (Wildman–Crippen MR) is 109 cm³/mol. The molecule has 11 nitrogen and oxygen atoms in total. The second-order valence-corrected chi connectivity index (χ2v) is 7.85. The average Bonchev–Trinajstić information content (AvgIpc) is 3.40. The van der Waals surface area contributed by atoms with Crippen molar-refractivity contribution >= 4 is 24.6 Å². The van der Waals surface area contributed by atoms with Crippen molar-refractivity contribution in [3.63, 3.8) is 0 Å². The first-order chi connectivity index (χ1) is 14.9. The zero-order valence-electron chi connectivity index (χ0n) is 17.1. The van der Waals surface area contributed by atoms with Gasteiger partial charge in [0, 0.05) is 24.8 Å². The molecule has 2 aliphatic heterocycles. The molecule has 2 aromatic rings. The molecule has 1 aromatic heterocycles. The van der Waals surface area contributed by atoms with Crippen LogP contribution in [0.25, 0.3) is 0 Å². The number of ketones is 2. The number of amides is 1. The predicted octanol–water partition coefficient (Wildman–Crippen LogP) is -0.588. The first-order valence-corrected chi connectivity index (χ1v) is 10.2. The Hall–Kier alpha value is -3.12. The second kappa shape index (κ2) is 8.94. The Labute approximate surface area is 178 Å². The molecule has 4 rings (SSSR count). The lowest BCUT2D eigenvalue weighted by Gasteiger charge is -2.28. The van der Waals surface area contributed by atoms with Crippen LogP contribution in [0.15, 0.2) is 18.2 Å². The molecule has 1 fully saturated rings. The zero-order valence-corrected chi connectivity index (χ0v) is 17.1. The lowest BCUT2D eigenvalue weighted by atomic mass is 9.64. The number of carbonyl (C=O) groups excluding carboxylic acids is 3. The first-order valence-electron chi connectivity index (χ1n) is 10.2. The van der Waals surface area contributed by atoms with E-state index in [0.717, 1.165) is 29.9 Å². The van der Waals surface area contributed by atoms with Crippen LogP contribution in [0.2, 0.25) is 5.82 Å². The fraction of sp³-hybridized carbons (Fsp3) is 0.474. The number of para-hydroxylation sites is 1. The van der Waals surface area contributed by atoms with Crippen LogP contribution < -0.4 is 15.3 Å². The van der Waals surface area contributed by atoms with E-state index in [9.17, 15) is 19.4 Å². The van der Waals surface area contributed by atoms with Crippen molar-refractivity contribution in [1.82, 2.24) is 30.8 Å². The van der Waals surface area contributed by atoms with Crippen LogP contribution in [0, 0.1) is 0 Å². The van der Waals surface area contributed by atoms with Crippen molar-refractivity contribution in [2.75, 3.05) is 13.1 Å². The number of benzene rings is 1. The monoisotopic (exact) mass is 426 g/mol. The Kier molecular flexibility index (Phi) is 6.09. The van der Waals surface area contributed by atoms with Gasteiger partial charge < -0.3 is 20.3 Å². The lowest BCUT2D eigenvalue weighted by Crippen LogP contribution is -2.38. The quantitative estimate of drug-likeness (QED) is 0.390. The molecule has 3 N–H and O–H groups in total. The van der Waals surface area contributed by atoms with Crippen LogP contribution in [0.3, 0.4) is 0 Å². The minimum atomic E-state index is -1.24. The highest BCUT2D eigenvalue weighted by molar-refractivity contribution is 6.47. The Morgan fingerprint density at radius 2 is 2.23 bits per heavy atom. The van der Waals surface area contributed by atoms with Crippen molar-refractivity contribution in [2.24, 2.45) is 0 Å². The van der Waals surface area contributed by atoms with Crippen LogP contribution in [0.1, 0.15) is 46.3 Å². The second-order valence-electron chi connectivity index (χ2n) is 7.85. The van der Waals surface area contributed by atoms with Gasteiger partial charge in [0.05, 0.1) is 5.56 Å². The molecule has 0 aliphatic carbocycles. The van der Waals surface area contributed by atoms with E-state index >= 15 is 0 Å². The lowest BCUT2D eigenvalue weighted by molar-refractivity contribution is -0.122. The number of rotatable bonds is 7. The topological polar surface area (TPSA) is 148 Å². The van der Waals surface area contributed by atoms with E-state index in [0.29, 0.717) is 17.7 Å². The normalized spacial score (nSPS) is 20.1. The third kappa shape index (κ3) is 4.80. The van der Waals surface area contributed by atoms with Gasteiger partial charge in [-0.25, -0.2) is 0 Å². The number of fused-ring (bicyclic) bond motifs is 1. The summed E-state index contributed by atoms with van der Waals surface area (Å²) in [4.78, 5) is 37.5. The summed E-state index contributed by atoms with van der Waals surface area (Å²) >= 11 is 0. The number of tetrazole rings is 1. The molecule has 3 heterocycles. The smallest absolute Gasteiger partial charge is 0.526 e. The van der Waals surface area contributed by atoms with Crippen LogP contribution >= 0.6 is 0 Å². The maximum Gasteiger partial charge on any atom is 0.526 e. The molecule has 1 saturated heterocycles. The molecule has 162 valence electrons. The van der Waals surface area contributed by atoms with Gasteiger partial charge in [0.2, 0.25) is 17.5 Å². The van der Waals surface area contributed by atoms with E-state index in [2.05, 4.69) is 26.0 Å². The molecule has 0 saturated carbocycles. The molecule has 0 unspecified atom stereocenters. The van der Waals surface area contributed by atoms with Gasteiger partial charge in [-0.1, -0.05) is 12.1 Å². The molecule has 12 heteroatoms. The number of nitrogens with zero attached hydrogens (tertiary/aromatic N) is 4. The van der Waals surface area contributed by atoms with Gasteiger partial charge in [-0.2, -0.15) is 4.80 Å². The van der Waals surface area contributed by atoms with Crippen LogP contribution in [-0.4, -0.2) is 69.0 Å². The van der Waals surface area contributed by atoms with Crippen LogP contribution in [0.4, 0.5) is 0 Å². The summed E-state index contributed by atoms with van der Waals surface area (Å²) < 4.78 is 5.56. The highest BCUT2D eigenvalue weighted by Crippen LogP contribution is 2.36. The number of carbonyl (C=O) groups is 3. The summed E-state index contributed by atoms with van der Waals surface area (Å²) in [5.74, 6) is -1.10. The van der Waals surface area contributed by atoms with Gasteiger partial charge in [0.1, 0.15) is 12.3 Å². The van der Waals surface area contributed by atoms with Crippen molar-refractivity contribution in [3.8, 4) is 5.75 Å². The molecule has 0 radical (unpaired) electrons. The number of Topliss-reactive ketones (excluding diaryl/α,β-unsaturated/α-hetero) is 2. The number of nitrogens with one attached hydrogen (secondary N) is 2. The largest absolute Gasteiger partial charge is 0.535 e. The molecule has 1 aromatic carbocycles. The summed E-state index contributed by atoms with van der Waals surface area (Å²) in [6.45, 7) is 2.89. The van der Waals surface area contributed by atoms with E-state index in [1.165, 1.54) is 6.92 Å². The highest BCUT2D eigenvalue weighted by atomic mass is 16.5. The molecule has 0 bridgehead atoms. The maximum atomic E-state index is 12.6. The van der Waals surface area contributed by atoms with E-state index < -0.39 is 18.7 Å². The fourth-order valence-electron chi connectivity index (χ4n) is 3.87. The third-order valence-electron chi connectivity index (χ3n) is 5.46. The Balaban J connectivity index is 1.37. The number of aromatic nitrogens is 4. The summed E-state index contributed by atoms with van der Waals surface area (Å²) in [5.41, 5.74) is 1.16. The fourth-order valence-corrected chi connectivity index (χ4v) is 3.87. The average molecular weight is 426 g/mol. The molecular formula is C19H23BN6O5. The molecule has 0 spiro atoms. The molecule has 2 aliphatic rings. The first kappa shape index (κ1) is 21.1. The van der Waals surface area contributed by atoms with Gasteiger partial charge in [-0.05, 0) is 43.2 Å². The molecule has 2 atom stereocenters. The van der Waals surface area contributed by atoms with Crippen molar-refractivity contribution in [2.45, 2.75) is 44.6 Å². The van der Waals surface area contributed by atoms with Gasteiger partial charge in [0.25, 0.3) is 0 Å².